The van der Waals surface area contributed by atoms with Crippen LogP contribution in [0.3, 0.4) is 0 Å². The molecule has 0 saturated carbocycles. The van der Waals surface area contributed by atoms with Crippen molar-refractivity contribution in [2.24, 2.45) is 0 Å². The van der Waals surface area contributed by atoms with E-state index >= 15 is 0 Å². The van der Waals surface area contributed by atoms with Gasteiger partial charge in [-0.05, 0) is 12.2 Å². The van der Waals surface area contributed by atoms with Gasteiger partial charge in [-0.2, -0.15) is 0 Å². The van der Waals surface area contributed by atoms with Crippen molar-refractivity contribution < 1.29 is 14.6 Å². The molecule has 0 spiro atoms. The fourth-order valence-corrected chi connectivity index (χ4v) is 1.18. The van der Waals surface area contributed by atoms with Crippen molar-refractivity contribution in [2.75, 3.05) is 20.3 Å². The number of rotatable bonds is 6. The molecular formula is C11H17NO3. The van der Waals surface area contributed by atoms with Crippen molar-refractivity contribution in [3.63, 3.8) is 0 Å². The molecule has 4 nitrogen and oxygen atoms in total. The third-order valence-electron chi connectivity index (χ3n) is 1.85. The van der Waals surface area contributed by atoms with E-state index in [-0.39, 0.29) is 19.1 Å². The number of nitrogens with zero attached hydrogens (tertiary/aromatic N) is 1. The highest BCUT2D eigenvalue weighted by Gasteiger charge is 2.14. The summed E-state index contributed by atoms with van der Waals surface area (Å²) in [5, 5.41) is 8.84. The van der Waals surface area contributed by atoms with Gasteiger partial charge in [-0.1, -0.05) is 13.2 Å². The Labute approximate surface area is 90.1 Å². The van der Waals surface area contributed by atoms with E-state index in [4.69, 9.17) is 9.84 Å². The van der Waals surface area contributed by atoms with Crippen LogP contribution in [0.25, 0.3) is 0 Å². The van der Waals surface area contributed by atoms with E-state index in [1.54, 1.807) is 0 Å². The average molecular weight is 211 g/mol. The van der Waals surface area contributed by atoms with E-state index in [0.717, 1.165) is 0 Å². The first-order valence-corrected chi connectivity index (χ1v) is 4.54. The quantitative estimate of drug-likeness (QED) is 0.528. The van der Waals surface area contributed by atoms with Crippen LogP contribution in [0.1, 0.15) is 6.92 Å². The summed E-state index contributed by atoms with van der Waals surface area (Å²) in [5.41, 5.74) is 0.508. The number of hydrogen-bond acceptors (Lipinski definition) is 3. The molecule has 15 heavy (non-hydrogen) atoms. The predicted octanol–water partition coefficient (Wildman–Crippen LogP) is 1.06. The van der Waals surface area contributed by atoms with Gasteiger partial charge in [0.1, 0.15) is 5.76 Å². The molecule has 0 aliphatic heterocycles. The molecule has 0 saturated heterocycles. The van der Waals surface area contributed by atoms with E-state index < -0.39 is 0 Å². The molecule has 0 fully saturated rings. The summed E-state index contributed by atoms with van der Waals surface area (Å²) in [4.78, 5) is 12.7. The molecule has 0 heterocycles. The van der Waals surface area contributed by atoms with Crippen molar-refractivity contribution in [3.05, 3.63) is 36.8 Å². The molecule has 0 aliphatic carbocycles. The number of allylic oxidation sites excluding steroid dienone is 2. The normalized spacial score (nSPS) is 11.4. The van der Waals surface area contributed by atoms with Gasteiger partial charge in [-0.25, -0.2) is 0 Å². The van der Waals surface area contributed by atoms with E-state index in [1.165, 1.54) is 31.1 Å². The first kappa shape index (κ1) is 13.4. The van der Waals surface area contributed by atoms with E-state index in [9.17, 15) is 4.79 Å². The number of methoxy groups -OCH3 is 1. The van der Waals surface area contributed by atoms with Crippen LogP contribution in [-0.2, 0) is 9.53 Å². The molecule has 4 heteroatoms. The number of ether oxygens (including phenoxy) is 1. The SMILES string of the molecule is C=C/C(OC)=C(\C=C)N(CCO)C(C)=O. The van der Waals surface area contributed by atoms with Crippen LogP contribution in [0.15, 0.2) is 36.8 Å². The maximum absolute atomic E-state index is 11.3. The summed E-state index contributed by atoms with van der Waals surface area (Å²) in [6, 6.07) is 0. The Balaban J connectivity index is 5.20. The lowest BCUT2D eigenvalue weighted by atomic mass is 10.3. The smallest absolute Gasteiger partial charge is 0.224 e. The molecular weight excluding hydrogens is 194 g/mol. The fourth-order valence-electron chi connectivity index (χ4n) is 1.18. The predicted molar refractivity (Wildman–Crippen MR) is 58.9 cm³/mol. The Morgan fingerprint density at radius 2 is 2.07 bits per heavy atom. The Kier molecular flexibility index (Phi) is 6.13. The number of aliphatic hydroxyl groups excluding tert-OH is 1. The molecule has 84 valence electrons. The lowest BCUT2D eigenvalue weighted by Crippen LogP contribution is -2.31. The lowest BCUT2D eigenvalue weighted by Gasteiger charge is -2.22. The van der Waals surface area contributed by atoms with Crippen LogP contribution in [0.4, 0.5) is 0 Å². The van der Waals surface area contributed by atoms with Crippen molar-refractivity contribution in [2.45, 2.75) is 6.92 Å². The summed E-state index contributed by atoms with van der Waals surface area (Å²) in [7, 11) is 1.48. The summed E-state index contributed by atoms with van der Waals surface area (Å²) in [5.74, 6) is 0.268. The highest BCUT2D eigenvalue weighted by Crippen LogP contribution is 2.13. The molecule has 0 aromatic rings. The van der Waals surface area contributed by atoms with Crippen LogP contribution in [0.2, 0.25) is 0 Å². The van der Waals surface area contributed by atoms with Gasteiger partial charge in [0.2, 0.25) is 5.91 Å². The van der Waals surface area contributed by atoms with Crippen molar-refractivity contribution in [3.8, 4) is 0 Å². The fraction of sp³-hybridized carbons (Fsp3) is 0.364. The van der Waals surface area contributed by atoms with E-state index in [1.807, 2.05) is 0 Å². The van der Waals surface area contributed by atoms with Gasteiger partial charge in [0.25, 0.3) is 0 Å². The second kappa shape index (κ2) is 6.84. The van der Waals surface area contributed by atoms with Crippen LogP contribution in [0, 0.1) is 0 Å². The summed E-state index contributed by atoms with van der Waals surface area (Å²) >= 11 is 0. The second-order valence-corrected chi connectivity index (χ2v) is 2.76. The second-order valence-electron chi connectivity index (χ2n) is 2.76. The van der Waals surface area contributed by atoms with Crippen LogP contribution < -0.4 is 0 Å². The van der Waals surface area contributed by atoms with Gasteiger partial charge in [0.05, 0.1) is 19.4 Å². The zero-order valence-electron chi connectivity index (χ0n) is 9.19. The Morgan fingerprint density at radius 1 is 1.47 bits per heavy atom. The van der Waals surface area contributed by atoms with Gasteiger partial charge in [-0.15, -0.1) is 0 Å². The maximum atomic E-state index is 11.3. The topological polar surface area (TPSA) is 49.8 Å². The van der Waals surface area contributed by atoms with Gasteiger partial charge in [0.15, 0.2) is 0 Å². The van der Waals surface area contributed by atoms with Crippen LogP contribution in [-0.4, -0.2) is 36.2 Å². The Hall–Kier alpha value is -1.55. The van der Waals surface area contributed by atoms with Crippen molar-refractivity contribution >= 4 is 5.91 Å². The third-order valence-corrected chi connectivity index (χ3v) is 1.85. The Morgan fingerprint density at radius 3 is 2.33 bits per heavy atom. The van der Waals surface area contributed by atoms with E-state index in [0.29, 0.717) is 11.5 Å². The molecule has 0 aromatic heterocycles. The molecule has 0 aromatic carbocycles. The van der Waals surface area contributed by atoms with Crippen LogP contribution in [0.5, 0.6) is 0 Å². The van der Waals surface area contributed by atoms with Gasteiger partial charge >= 0.3 is 0 Å². The summed E-state index contributed by atoms with van der Waals surface area (Å²) in [6.07, 6.45) is 2.99. The van der Waals surface area contributed by atoms with Gasteiger partial charge < -0.3 is 14.7 Å². The number of carbonyl (C=O) groups excluding carboxylic acids is 1. The first-order valence-electron chi connectivity index (χ1n) is 4.54. The summed E-state index contributed by atoms with van der Waals surface area (Å²) in [6.45, 7) is 8.67. The average Bonchev–Trinajstić information content (AvgIpc) is 2.23. The van der Waals surface area contributed by atoms with E-state index in [2.05, 4.69) is 13.2 Å². The standard InChI is InChI=1S/C11H17NO3/c1-5-10(11(6-2)15-4)12(7-8-13)9(3)14/h5-6,13H,1-2,7-8H2,3-4H3/b11-10-. The monoisotopic (exact) mass is 211 g/mol. The third kappa shape index (κ3) is 3.59. The molecule has 0 atom stereocenters. The largest absolute Gasteiger partial charge is 0.495 e. The molecule has 0 unspecified atom stereocenters. The number of aliphatic hydroxyl groups is 1. The highest BCUT2D eigenvalue weighted by atomic mass is 16.5. The van der Waals surface area contributed by atoms with Gasteiger partial charge in [0, 0.05) is 13.5 Å². The van der Waals surface area contributed by atoms with Crippen molar-refractivity contribution in [1.29, 1.82) is 0 Å². The number of hydrogen-bond donors (Lipinski definition) is 1. The summed E-state index contributed by atoms with van der Waals surface area (Å²) < 4.78 is 5.04. The molecule has 0 rings (SSSR count). The van der Waals surface area contributed by atoms with Crippen molar-refractivity contribution in [1.82, 2.24) is 4.90 Å². The molecule has 0 bridgehead atoms. The van der Waals surface area contributed by atoms with Crippen LogP contribution >= 0.6 is 0 Å². The first-order chi connectivity index (χ1) is 7.12. The number of amides is 1. The zero-order chi connectivity index (χ0) is 11.8. The number of carbonyl (C=O) groups is 1. The minimum absolute atomic E-state index is 0.120. The highest BCUT2D eigenvalue weighted by molar-refractivity contribution is 5.76. The molecule has 0 radical (unpaired) electrons. The minimum Gasteiger partial charge on any atom is -0.495 e. The molecule has 0 aliphatic rings. The minimum atomic E-state index is -0.185. The Bertz CT molecular complexity index is 282. The molecule has 1 amide bonds. The zero-order valence-corrected chi connectivity index (χ0v) is 9.19. The van der Waals surface area contributed by atoms with Gasteiger partial charge in [-0.3, -0.25) is 4.79 Å². The lowest BCUT2D eigenvalue weighted by molar-refractivity contribution is -0.127. The maximum Gasteiger partial charge on any atom is 0.224 e. The molecule has 1 N–H and O–H groups in total.